The first-order chi connectivity index (χ1) is 8.69. The largest absolute Gasteiger partial charge is 0.329 e. The molecule has 1 unspecified atom stereocenters. The summed E-state index contributed by atoms with van der Waals surface area (Å²) in [6, 6.07) is 5.10. The SMILES string of the molecule is NCC(NC1CCCCC1)c1cc(F)cc(Cl)c1. The molecule has 1 fully saturated rings. The minimum Gasteiger partial charge on any atom is -0.329 e. The van der Waals surface area contributed by atoms with Crippen LogP contribution in [0.4, 0.5) is 4.39 Å². The second-order valence-corrected chi connectivity index (χ2v) is 5.43. The van der Waals surface area contributed by atoms with E-state index in [9.17, 15) is 4.39 Å². The summed E-state index contributed by atoms with van der Waals surface area (Å²) < 4.78 is 13.4. The van der Waals surface area contributed by atoms with Gasteiger partial charge in [-0.25, -0.2) is 4.39 Å². The lowest BCUT2D eigenvalue weighted by molar-refractivity contribution is 0.340. The van der Waals surface area contributed by atoms with Gasteiger partial charge in [-0.1, -0.05) is 30.9 Å². The molecule has 1 aromatic carbocycles. The van der Waals surface area contributed by atoms with Crippen LogP contribution < -0.4 is 11.1 Å². The number of halogens is 2. The summed E-state index contributed by atoms with van der Waals surface area (Å²) in [5.74, 6) is -0.304. The van der Waals surface area contributed by atoms with Crippen molar-refractivity contribution in [3.63, 3.8) is 0 Å². The van der Waals surface area contributed by atoms with Crippen molar-refractivity contribution in [1.82, 2.24) is 5.32 Å². The maximum Gasteiger partial charge on any atom is 0.125 e. The fourth-order valence-corrected chi connectivity index (χ4v) is 2.86. The zero-order valence-electron chi connectivity index (χ0n) is 10.5. The number of nitrogens with two attached hydrogens (primary N) is 1. The van der Waals surface area contributed by atoms with Gasteiger partial charge in [-0.05, 0) is 36.6 Å². The minimum absolute atomic E-state index is 0.0127. The maximum atomic E-state index is 13.4. The van der Waals surface area contributed by atoms with Crippen molar-refractivity contribution in [1.29, 1.82) is 0 Å². The third-order valence-electron chi connectivity index (χ3n) is 3.57. The van der Waals surface area contributed by atoms with E-state index in [2.05, 4.69) is 5.32 Å². The molecule has 0 amide bonds. The minimum atomic E-state index is -0.304. The van der Waals surface area contributed by atoms with Crippen LogP contribution >= 0.6 is 11.6 Å². The Balaban J connectivity index is 2.06. The van der Waals surface area contributed by atoms with Crippen molar-refractivity contribution in [3.8, 4) is 0 Å². The molecule has 1 aromatic rings. The second kappa shape index (κ2) is 6.50. The standard InChI is InChI=1S/C14H20ClFN2/c15-11-6-10(7-12(16)8-11)14(9-17)18-13-4-2-1-3-5-13/h6-8,13-14,18H,1-5,9,17H2. The van der Waals surface area contributed by atoms with Crippen LogP contribution in [0.15, 0.2) is 18.2 Å². The lowest BCUT2D eigenvalue weighted by Gasteiger charge is -2.28. The van der Waals surface area contributed by atoms with E-state index < -0.39 is 0 Å². The van der Waals surface area contributed by atoms with Gasteiger partial charge in [0.2, 0.25) is 0 Å². The molecule has 0 spiro atoms. The van der Waals surface area contributed by atoms with Crippen molar-refractivity contribution in [2.24, 2.45) is 5.73 Å². The third kappa shape index (κ3) is 3.67. The Bertz CT molecular complexity index is 371. The van der Waals surface area contributed by atoms with E-state index in [0.717, 1.165) is 5.56 Å². The van der Waals surface area contributed by atoms with E-state index >= 15 is 0 Å². The number of hydrogen-bond donors (Lipinski definition) is 2. The van der Waals surface area contributed by atoms with Gasteiger partial charge >= 0.3 is 0 Å². The zero-order valence-corrected chi connectivity index (χ0v) is 11.2. The van der Waals surface area contributed by atoms with Crippen molar-refractivity contribution in [2.75, 3.05) is 6.54 Å². The average Bonchev–Trinajstić information content (AvgIpc) is 2.36. The molecule has 100 valence electrons. The first-order valence-corrected chi connectivity index (χ1v) is 6.99. The summed E-state index contributed by atoms with van der Waals surface area (Å²) in [7, 11) is 0. The Morgan fingerprint density at radius 2 is 2.00 bits per heavy atom. The van der Waals surface area contributed by atoms with Crippen molar-refractivity contribution in [2.45, 2.75) is 44.2 Å². The molecule has 18 heavy (non-hydrogen) atoms. The third-order valence-corrected chi connectivity index (χ3v) is 3.78. The number of benzene rings is 1. The Kier molecular flexibility index (Phi) is 4.98. The van der Waals surface area contributed by atoms with Crippen LogP contribution in [0.1, 0.15) is 43.7 Å². The molecule has 3 N–H and O–H groups in total. The van der Waals surface area contributed by atoms with Gasteiger partial charge in [-0.3, -0.25) is 0 Å². The summed E-state index contributed by atoms with van der Waals surface area (Å²) in [6.07, 6.45) is 6.20. The van der Waals surface area contributed by atoms with E-state index in [1.807, 2.05) is 0 Å². The molecule has 1 atom stereocenters. The first-order valence-electron chi connectivity index (χ1n) is 6.61. The molecule has 2 rings (SSSR count). The van der Waals surface area contributed by atoms with Gasteiger partial charge in [0.25, 0.3) is 0 Å². The van der Waals surface area contributed by atoms with Crippen LogP contribution in [0.2, 0.25) is 5.02 Å². The van der Waals surface area contributed by atoms with Crippen LogP contribution in [0.3, 0.4) is 0 Å². The van der Waals surface area contributed by atoms with Crippen molar-refractivity contribution in [3.05, 3.63) is 34.6 Å². The van der Waals surface area contributed by atoms with Crippen molar-refractivity contribution >= 4 is 11.6 Å². The molecule has 0 radical (unpaired) electrons. The van der Waals surface area contributed by atoms with Crippen LogP contribution in [-0.4, -0.2) is 12.6 Å². The highest BCUT2D eigenvalue weighted by Gasteiger charge is 2.18. The summed E-state index contributed by atoms with van der Waals surface area (Å²) in [4.78, 5) is 0. The molecule has 0 saturated heterocycles. The molecule has 0 heterocycles. The lowest BCUT2D eigenvalue weighted by Crippen LogP contribution is -2.37. The Labute approximate surface area is 113 Å². The van der Waals surface area contributed by atoms with E-state index in [1.165, 1.54) is 44.2 Å². The predicted molar refractivity (Wildman–Crippen MR) is 73.2 cm³/mol. The lowest BCUT2D eigenvalue weighted by atomic mass is 9.94. The fourth-order valence-electron chi connectivity index (χ4n) is 2.63. The van der Waals surface area contributed by atoms with Gasteiger partial charge in [0, 0.05) is 23.7 Å². The van der Waals surface area contributed by atoms with Crippen molar-refractivity contribution < 1.29 is 4.39 Å². The van der Waals surface area contributed by atoms with E-state index in [0.29, 0.717) is 17.6 Å². The van der Waals surface area contributed by atoms with Crippen LogP contribution in [0.25, 0.3) is 0 Å². The molecule has 2 nitrogen and oxygen atoms in total. The van der Waals surface area contributed by atoms with Gasteiger partial charge < -0.3 is 11.1 Å². The van der Waals surface area contributed by atoms with Gasteiger partial charge in [0.15, 0.2) is 0 Å². The molecule has 4 heteroatoms. The predicted octanol–water partition coefficient (Wildman–Crippen LogP) is 3.40. The molecule has 1 aliphatic carbocycles. The van der Waals surface area contributed by atoms with Gasteiger partial charge in [0.1, 0.15) is 5.82 Å². The summed E-state index contributed by atoms with van der Waals surface area (Å²) in [5.41, 5.74) is 6.63. The smallest absolute Gasteiger partial charge is 0.125 e. The maximum absolute atomic E-state index is 13.4. The number of nitrogens with one attached hydrogen (secondary N) is 1. The van der Waals surface area contributed by atoms with Gasteiger partial charge in [0.05, 0.1) is 0 Å². The summed E-state index contributed by atoms with van der Waals surface area (Å²) in [6.45, 7) is 0.455. The molecule has 0 aliphatic heterocycles. The first kappa shape index (κ1) is 13.8. The fraction of sp³-hybridized carbons (Fsp3) is 0.571. The molecule has 0 aromatic heterocycles. The second-order valence-electron chi connectivity index (χ2n) is 4.99. The van der Waals surface area contributed by atoms with Gasteiger partial charge in [-0.15, -0.1) is 0 Å². The Morgan fingerprint density at radius 1 is 1.28 bits per heavy atom. The van der Waals surface area contributed by atoms with Crippen LogP contribution in [-0.2, 0) is 0 Å². The molecule has 1 aliphatic rings. The highest BCUT2D eigenvalue weighted by molar-refractivity contribution is 6.30. The van der Waals surface area contributed by atoms with E-state index in [-0.39, 0.29) is 11.9 Å². The number of rotatable bonds is 4. The normalized spacial score (nSPS) is 18.8. The van der Waals surface area contributed by atoms with Gasteiger partial charge in [-0.2, -0.15) is 0 Å². The molecule has 0 bridgehead atoms. The Hall–Kier alpha value is -0.640. The number of hydrogen-bond acceptors (Lipinski definition) is 2. The highest BCUT2D eigenvalue weighted by Crippen LogP contribution is 2.23. The van der Waals surface area contributed by atoms with E-state index in [4.69, 9.17) is 17.3 Å². The van der Waals surface area contributed by atoms with Crippen LogP contribution in [0.5, 0.6) is 0 Å². The molecule has 1 saturated carbocycles. The zero-order chi connectivity index (χ0) is 13.0. The highest BCUT2D eigenvalue weighted by atomic mass is 35.5. The quantitative estimate of drug-likeness (QED) is 0.880. The summed E-state index contributed by atoms with van der Waals surface area (Å²) >= 11 is 5.89. The molecular weight excluding hydrogens is 251 g/mol. The Morgan fingerprint density at radius 3 is 2.61 bits per heavy atom. The monoisotopic (exact) mass is 270 g/mol. The van der Waals surface area contributed by atoms with E-state index in [1.54, 1.807) is 6.07 Å². The average molecular weight is 271 g/mol. The van der Waals surface area contributed by atoms with Crippen LogP contribution in [0, 0.1) is 5.82 Å². The topological polar surface area (TPSA) is 38.0 Å². The summed E-state index contributed by atoms with van der Waals surface area (Å²) in [5, 5.41) is 3.95. The molecular formula is C14H20ClFN2.